The second kappa shape index (κ2) is 16.2. The number of carbonyl (C=O) groups is 3. The molecule has 1 aliphatic carbocycles. The van der Waals surface area contributed by atoms with E-state index in [9.17, 15) is 34.1 Å². The number of methoxy groups -OCH3 is 1. The van der Waals surface area contributed by atoms with Crippen LogP contribution in [0, 0.1) is 23.6 Å². The summed E-state index contributed by atoms with van der Waals surface area (Å²) >= 11 is 0. The van der Waals surface area contributed by atoms with E-state index in [1.165, 1.54) is 18.2 Å². The van der Waals surface area contributed by atoms with E-state index < -0.39 is 36.6 Å². The van der Waals surface area contributed by atoms with Crippen LogP contribution in [0.4, 0.5) is 4.39 Å². The van der Waals surface area contributed by atoms with Crippen molar-refractivity contribution in [3.63, 3.8) is 0 Å². The molecule has 0 fully saturated rings. The molecular weight excluding hydrogens is 583 g/mol. The van der Waals surface area contributed by atoms with Crippen LogP contribution >= 0.6 is 0 Å². The van der Waals surface area contributed by atoms with Crippen LogP contribution in [0.15, 0.2) is 54.6 Å². The molecule has 11 heteroatoms. The third kappa shape index (κ3) is 8.73. The van der Waals surface area contributed by atoms with Crippen LogP contribution in [0.25, 0.3) is 11.1 Å². The topological polar surface area (TPSA) is 191 Å². The van der Waals surface area contributed by atoms with E-state index in [-0.39, 0.29) is 56.6 Å². The maximum Gasteiger partial charge on any atom is 0.224 e. The number of phenolic OH excluding ortho intramolecular Hbond substituents is 1. The van der Waals surface area contributed by atoms with E-state index in [4.69, 9.17) is 10.5 Å². The number of rotatable bonds is 15. The van der Waals surface area contributed by atoms with E-state index >= 15 is 0 Å². The Balaban J connectivity index is 0.00000368. The van der Waals surface area contributed by atoms with E-state index in [2.05, 4.69) is 5.32 Å². The molecule has 45 heavy (non-hydrogen) atoms. The number of amides is 1. The Hall–Kier alpha value is -4.16. The highest BCUT2D eigenvalue weighted by Gasteiger charge is 2.35. The van der Waals surface area contributed by atoms with Gasteiger partial charge in [-0.2, -0.15) is 0 Å². The van der Waals surface area contributed by atoms with Crippen molar-refractivity contribution in [2.24, 2.45) is 23.5 Å². The number of ether oxygens (including phenoxy) is 1. The SMILES string of the molecule is COc1ccc(CNCc2cccc(F)c2)cc1-c1ccc(O)c2c1CC(CC(CCO)C(CO)C(=O)CC(N)=O)CC2=O.O.[HH].[HH]. The van der Waals surface area contributed by atoms with Gasteiger partial charge in [-0.05, 0) is 83.7 Å². The van der Waals surface area contributed by atoms with Crippen LogP contribution < -0.4 is 15.8 Å². The molecule has 3 aromatic rings. The van der Waals surface area contributed by atoms with Crippen LogP contribution in [-0.4, -0.2) is 58.6 Å². The average molecular weight is 629 g/mol. The Labute approximate surface area is 264 Å². The molecule has 3 atom stereocenters. The Kier molecular flexibility index (Phi) is 12.7. The zero-order chi connectivity index (χ0) is 31.8. The van der Waals surface area contributed by atoms with Gasteiger partial charge in [0, 0.05) is 40.5 Å². The third-order valence-electron chi connectivity index (χ3n) is 8.30. The quantitative estimate of drug-likeness (QED) is 0.158. The van der Waals surface area contributed by atoms with E-state index in [0.29, 0.717) is 37.2 Å². The van der Waals surface area contributed by atoms with Crippen LogP contribution in [-0.2, 0) is 29.1 Å². The Morgan fingerprint density at radius 3 is 2.44 bits per heavy atom. The number of Topliss-reactive ketones (excluding diaryl/α,β-unsaturated/α-hetero) is 2. The Morgan fingerprint density at radius 2 is 1.80 bits per heavy atom. The molecule has 0 aromatic heterocycles. The number of nitrogens with two attached hydrogens (primary N) is 1. The van der Waals surface area contributed by atoms with Crippen molar-refractivity contribution >= 4 is 17.5 Å². The number of primary amides is 1. The van der Waals surface area contributed by atoms with Gasteiger partial charge in [0.15, 0.2) is 5.78 Å². The molecular formula is C34H45FN2O8. The van der Waals surface area contributed by atoms with Crippen LogP contribution in [0.1, 0.15) is 55.6 Å². The lowest BCUT2D eigenvalue weighted by molar-refractivity contribution is -0.131. The van der Waals surface area contributed by atoms with E-state index in [1.807, 2.05) is 24.3 Å². The summed E-state index contributed by atoms with van der Waals surface area (Å²) in [6, 6.07) is 15.3. The molecule has 8 N–H and O–H groups in total. The Morgan fingerprint density at radius 1 is 1.07 bits per heavy atom. The van der Waals surface area contributed by atoms with E-state index in [0.717, 1.165) is 22.3 Å². The van der Waals surface area contributed by atoms with Gasteiger partial charge in [0.1, 0.15) is 23.1 Å². The number of halogens is 1. The highest BCUT2D eigenvalue weighted by atomic mass is 19.1. The van der Waals surface area contributed by atoms with Crippen molar-refractivity contribution in [3.8, 4) is 22.6 Å². The number of carbonyl (C=O) groups excluding carboxylic acids is 3. The van der Waals surface area contributed by atoms with Crippen molar-refractivity contribution in [1.29, 1.82) is 0 Å². The summed E-state index contributed by atoms with van der Waals surface area (Å²) in [7, 11) is 1.55. The molecule has 0 bridgehead atoms. The van der Waals surface area contributed by atoms with Gasteiger partial charge in [-0.25, -0.2) is 4.39 Å². The number of phenols is 1. The van der Waals surface area contributed by atoms with Gasteiger partial charge in [-0.15, -0.1) is 0 Å². The van der Waals surface area contributed by atoms with Crippen molar-refractivity contribution in [2.45, 2.75) is 45.2 Å². The fourth-order valence-electron chi connectivity index (χ4n) is 6.27. The van der Waals surface area contributed by atoms with Crippen LogP contribution in [0.5, 0.6) is 11.5 Å². The molecule has 0 aliphatic heterocycles. The molecule has 0 spiro atoms. The second-order valence-corrected chi connectivity index (χ2v) is 11.4. The molecule has 0 radical (unpaired) electrons. The summed E-state index contributed by atoms with van der Waals surface area (Å²) in [6.07, 6.45) is 0.566. The van der Waals surface area contributed by atoms with Crippen LogP contribution in [0.3, 0.4) is 0 Å². The minimum absolute atomic E-state index is 0. The zero-order valence-corrected chi connectivity index (χ0v) is 25.2. The van der Waals surface area contributed by atoms with Crippen molar-refractivity contribution < 1.29 is 47.2 Å². The lowest BCUT2D eigenvalue weighted by atomic mass is 9.72. The molecule has 1 amide bonds. The fraction of sp³-hybridized carbons (Fsp3) is 0.382. The number of nitrogens with one attached hydrogen (secondary N) is 1. The van der Waals surface area contributed by atoms with Crippen molar-refractivity contribution in [3.05, 3.63) is 82.7 Å². The first kappa shape index (κ1) is 35.3. The predicted molar refractivity (Wildman–Crippen MR) is 170 cm³/mol. The molecule has 1 aliphatic rings. The van der Waals surface area contributed by atoms with Crippen LogP contribution in [0.2, 0.25) is 0 Å². The summed E-state index contributed by atoms with van der Waals surface area (Å²) in [4.78, 5) is 37.5. The summed E-state index contributed by atoms with van der Waals surface area (Å²) in [6.45, 7) is 0.221. The molecule has 3 aromatic carbocycles. The number of fused-ring (bicyclic) bond motifs is 1. The number of hydrogen-bond donors (Lipinski definition) is 5. The van der Waals surface area contributed by atoms with Gasteiger partial charge in [0.25, 0.3) is 0 Å². The van der Waals surface area contributed by atoms with Gasteiger partial charge in [0.05, 0.1) is 25.7 Å². The van der Waals surface area contributed by atoms with E-state index in [1.54, 1.807) is 19.2 Å². The minimum atomic E-state index is -0.897. The van der Waals surface area contributed by atoms with Gasteiger partial charge in [0.2, 0.25) is 5.91 Å². The van der Waals surface area contributed by atoms with Gasteiger partial charge in [-0.1, -0.05) is 24.3 Å². The fourth-order valence-corrected chi connectivity index (χ4v) is 6.27. The van der Waals surface area contributed by atoms with Gasteiger partial charge < -0.3 is 36.6 Å². The molecule has 4 rings (SSSR count). The normalized spacial score (nSPS) is 15.5. The standard InChI is InChI=1S/C34H39FN2O7.H2O.2H2/c1-44-32-8-5-21(18-37-17-20-3-2-4-24(35)12-20)13-26(32)25-6-7-29(40)34-27(25)14-22(15-31(34)42)11-23(9-10-38)28(19-39)30(41)16-33(36)43;;;/h2-8,12-13,22-23,28,37-40H,9-11,14-19H2,1H3,(H2,36,43);1H2;2*1H. The smallest absolute Gasteiger partial charge is 0.224 e. The average Bonchev–Trinajstić information content (AvgIpc) is 2.97. The molecule has 0 heterocycles. The minimum Gasteiger partial charge on any atom is -0.507 e. The third-order valence-corrected chi connectivity index (χ3v) is 8.30. The van der Waals surface area contributed by atoms with Gasteiger partial charge >= 0.3 is 0 Å². The first-order chi connectivity index (χ1) is 21.1. The monoisotopic (exact) mass is 628 g/mol. The number of aromatic hydroxyl groups is 1. The number of benzene rings is 3. The Bertz CT molecular complexity index is 1520. The lowest BCUT2D eigenvalue weighted by Crippen LogP contribution is -2.33. The molecule has 10 nitrogen and oxygen atoms in total. The first-order valence-electron chi connectivity index (χ1n) is 14.7. The summed E-state index contributed by atoms with van der Waals surface area (Å²) < 4.78 is 19.2. The maximum absolute atomic E-state index is 13.6. The summed E-state index contributed by atoms with van der Waals surface area (Å²) in [5.41, 5.74) is 9.31. The molecule has 3 unspecified atom stereocenters. The predicted octanol–water partition coefficient (Wildman–Crippen LogP) is 3.35. The maximum atomic E-state index is 13.6. The summed E-state index contributed by atoms with van der Waals surface area (Å²) in [5, 5.41) is 33.8. The highest BCUT2D eigenvalue weighted by molar-refractivity contribution is 6.03. The number of aliphatic hydroxyl groups is 2. The summed E-state index contributed by atoms with van der Waals surface area (Å²) in [5.74, 6) is -2.98. The van der Waals surface area contributed by atoms with Crippen molar-refractivity contribution in [1.82, 2.24) is 5.32 Å². The zero-order valence-electron chi connectivity index (χ0n) is 25.2. The first-order valence-corrected chi connectivity index (χ1v) is 14.7. The number of aliphatic hydroxyl groups excluding tert-OH is 2. The van der Waals surface area contributed by atoms with Gasteiger partial charge in [-0.3, -0.25) is 14.4 Å². The molecule has 0 saturated heterocycles. The van der Waals surface area contributed by atoms with Crippen molar-refractivity contribution in [2.75, 3.05) is 20.3 Å². The molecule has 246 valence electrons. The number of ketones is 2. The highest BCUT2D eigenvalue weighted by Crippen LogP contribution is 2.43. The lowest BCUT2D eigenvalue weighted by Gasteiger charge is -2.32. The number of hydrogen-bond acceptors (Lipinski definition) is 8. The molecule has 0 saturated carbocycles. The second-order valence-electron chi connectivity index (χ2n) is 11.4. The largest absolute Gasteiger partial charge is 0.507 e.